The van der Waals surface area contributed by atoms with E-state index >= 15 is 0 Å². The van der Waals surface area contributed by atoms with Gasteiger partial charge in [0, 0.05) is 32.0 Å². The average Bonchev–Trinajstić information content (AvgIpc) is 3.07. The number of benzene rings is 1. The molecule has 30 heavy (non-hydrogen) atoms. The zero-order chi connectivity index (χ0) is 22.3. The molecule has 1 aromatic carbocycles. The Morgan fingerprint density at radius 1 is 1.47 bits per heavy atom. The molecular weight excluding hydrogens is 416 g/mol. The quantitative estimate of drug-likeness (QED) is 0.258. The second-order valence-electron chi connectivity index (χ2n) is 6.54. The summed E-state index contributed by atoms with van der Waals surface area (Å²) in [5, 5.41) is 22.8. The van der Waals surface area contributed by atoms with E-state index in [1.54, 1.807) is 4.90 Å². The summed E-state index contributed by atoms with van der Waals surface area (Å²) in [5.74, 6) is -0.715. The molecule has 1 aliphatic heterocycles. The first kappa shape index (κ1) is 23.1. The fourth-order valence-electron chi connectivity index (χ4n) is 2.98. The molecular formula is C18H22N4O7S. The van der Waals surface area contributed by atoms with Gasteiger partial charge in [-0.3, -0.25) is 14.9 Å². The van der Waals surface area contributed by atoms with E-state index in [1.165, 1.54) is 32.6 Å². The Balaban J connectivity index is 2.25. The first-order valence-electron chi connectivity index (χ1n) is 8.91. The number of hydrogen-bond donors (Lipinski definition) is 1. The van der Waals surface area contributed by atoms with Crippen molar-refractivity contribution < 1.29 is 27.6 Å². The lowest BCUT2D eigenvalue weighted by Crippen LogP contribution is -2.35. The number of nitrogens with zero attached hydrogens (tertiary/aromatic N) is 3. The van der Waals surface area contributed by atoms with Gasteiger partial charge in [-0.2, -0.15) is 5.26 Å². The number of amides is 1. The van der Waals surface area contributed by atoms with Crippen LogP contribution in [0.3, 0.4) is 0 Å². The zero-order valence-corrected chi connectivity index (χ0v) is 17.3. The Kier molecular flexibility index (Phi) is 7.73. The maximum absolute atomic E-state index is 12.6. The van der Waals surface area contributed by atoms with E-state index in [9.17, 15) is 28.6 Å². The molecule has 1 fully saturated rings. The van der Waals surface area contributed by atoms with Crippen molar-refractivity contribution in [2.24, 2.45) is 0 Å². The normalized spacial score (nSPS) is 17.8. The van der Waals surface area contributed by atoms with Crippen LogP contribution in [-0.2, 0) is 19.4 Å². The first-order chi connectivity index (χ1) is 14.2. The van der Waals surface area contributed by atoms with Gasteiger partial charge < -0.3 is 19.7 Å². The van der Waals surface area contributed by atoms with Crippen LogP contribution in [0, 0.1) is 21.4 Å². The second kappa shape index (κ2) is 10.0. The predicted molar refractivity (Wildman–Crippen MR) is 108 cm³/mol. The minimum Gasteiger partial charge on any atom is -0.494 e. The van der Waals surface area contributed by atoms with Gasteiger partial charge in [0.2, 0.25) is 0 Å². The molecule has 2 rings (SSSR count). The van der Waals surface area contributed by atoms with E-state index in [-0.39, 0.29) is 46.9 Å². The SMILES string of the molecule is COCCN(/C=C(/C#N)C(=O)Nc1ccc([N+](=O)[O-])cc1OC)C1CCS(=O)(=O)C1. The first-order valence-corrected chi connectivity index (χ1v) is 10.7. The van der Waals surface area contributed by atoms with Crippen LogP contribution in [0.25, 0.3) is 0 Å². The Hall–Kier alpha value is -3.17. The molecule has 1 saturated heterocycles. The van der Waals surface area contributed by atoms with E-state index in [4.69, 9.17) is 9.47 Å². The lowest BCUT2D eigenvalue weighted by molar-refractivity contribution is -0.384. The number of ether oxygens (including phenoxy) is 2. The topological polar surface area (TPSA) is 152 Å². The van der Waals surface area contributed by atoms with Gasteiger partial charge in [0.05, 0.1) is 41.9 Å². The molecule has 0 bridgehead atoms. The Bertz CT molecular complexity index is 985. The van der Waals surface area contributed by atoms with Crippen molar-refractivity contribution in [2.75, 3.05) is 44.2 Å². The Morgan fingerprint density at radius 2 is 2.20 bits per heavy atom. The van der Waals surface area contributed by atoms with Crippen molar-refractivity contribution in [3.8, 4) is 11.8 Å². The molecule has 0 aliphatic carbocycles. The standard InChI is InChI=1S/C18H22N4O7S/c1-28-7-6-21(15-5-8-30(26,27)12-15)11-13(10-19)18(23)20-16-4-3-14(22(24)25)9-17(16)29-2/h3-4,9,11,15H,5-8,12H2,1-2H3,(H,20,23)/b13-11-. The van der Waals surface area contributed by atoms with E-state index < -0.39 is 20.7 Å². The third-order valence-electron chi connectivity index (χ3n) is 4.54. The van der Waals surface area contributed by atoms with E-state index in [2.05, 4.69) is 5.32 Å². The summed E-state index contributed by atoms with van der Waals surface area (Å²) >= 11 is 0. The van der Waals surface area contributed by atoms with Gasteiger partial charge in [-0.15, -0.1) is 0 Å². The van der Waals surface area contributed by atoms with Crippen molar-refractivity contribution in [1.82, 2.24) is 4.90 Å². The lowest BCUT2D eigenvalue weighted by atomic mass is 10.2. The van der Waals surface area contributed by atoms with Crippen molar-refractivity contribution in [1.29, 1.82) is 5.26 Å². The number of carbonyl (C=O) groups excluding carboxylic acids is 1. The number of sulfone groups is 1. The van der Waals surface area contributed by atoms with Gasteiger partial charge in [0.15, 0.2) is 9.84 Å². The fourth-order valence-corrected chi connectivity index (χ4v) is 4.72. The van der Waals surface area contributed by atoms with Gasteiger partial charge in [-0.1, -0.05) is 0 Å². The van der Waals surface area contributed by atoms with Crippen molar-refractivity contribution in [2.45, 2.75) is 12.5 Å². The van der Waals surface area contributed by atoms with Crippen LogP contribution >= 0.6 is 0 Å². The number of hydrogen-bond acceptors (Lipinski definition) is 9. The van der Waals surface area contributed by atoms with Crippen molar-refractivity contribution in [3.63, 3.8) is 0 Å². The van der Waals surface area contributed by atoms with E-state index in [0.29, 0.717) is 13.0 Å². The number of nitro benzene ring substituents is 1. The summed E-state index contributed by atoms with van der Waals surface area (Å²) in [6.45, 7) is 0.583. The summed E-state index contributed by atoms with van der Waals surface area (Å²) in [6, 6.07) is 5.09. The third-order valence-corrected chi connectivity index (χ3v) is 6.29. The largest absolute Gasteiger partial charge is 0.494 e. The monoisotopic (exact) mass is 438 g/mol. The summed E-state index contributed by atoms with van der Waals surface area (Å²) in [6.07, 6.45) is 1.71. The molecule has 1 atom stereocenters. The lowest BCUT2D eigenvalue weighted by Gasteiger charge is -2.26. The van der Waals surface area contributed by atoms with Crippen molar-refractivity contribution >= 4 is 27.1 Å². The Morgan fingerprint density at radius 3 is 2.73 bits per heavy atom. The molecule has 1 amide bonds. The number of nitriles is 1. The van der Waals surface area contributed by atoms with Crippen LogP contribution in [0.4, 0.5) is 11.4 Å². The molecule has 1 N–H and O–H groups in total. The number of methoxy groups -OCH3 is 2. The number of nitrogens with one attached hydrogen (secondary N) is 1. The van der Waals surface area contributed by atoms with Crippen molar-refractivity contribution in [3.05, 3.63) is 40.1 Å². The second-order valence-corrected chi connectivity index (χ2v) is 8.77. The molecule has 11 nitrogen and oxygen atoms in total. The van der Waals surface area contributed by atoms with Gasteiger partial charge in [-0.25, -0.2) is 8.42 Å². The highest BCUT2D eigenvalue weighted by Gasteiger charge is 2.31. The molecule has 0 saturated carbocycles. The van der Waals surface area contributed by atoms with Gasteiger partial charge in [0.25, 0.3) is 11.6 Å². The molecule has 0 spiro atoms. The highest BCUT2D eigenvalue weighted by molar-refractivity contribution is 7.91. The molecule has 1 unspecified atom stereocenters. The zero-order valence-electron chi connectivity index (χ0n) is 16.5. The van der Waals surface area contributed by atoms with Crippen LogP contribution in [0.5, 0.6) is 5.75 Å². The van der Waals surface area contributed by atoms with E-state index in [1.807, 2.05) is 6.07 Å². The molecule has 1 aliphatic rings. The highest BCUT2D eigenvalue weighted by Crippen LogP contribution is 2.29. The maximum Gasteiger partial charge on any atom is 0.273 e. The molecule has 0 radical (unpaired) electrons. The summed E-state index contributed by atoms with van der Waals surface area (Å²) in [7, 11) is -0.377. The third kappa shape index (κ3) is 5.91. The van der Waals surface area contributed by atoms with Crippen LogP contribution in [0.2, 0.25) is 0 Å². The summed E-state index contributed by atoms with van der Waals surface area (Å²) in [5.41, 5.74) is -0.314. The smallest absolute Gasteiger partial charge is 0.273 e. The van der Waals surface area contributed by atoms with Gasteiger partial charge in [0.1, 0.15) is 17.4 Å². The van der Waals surface area contributed by atoms with Gasteiger partial charge >= 0.3 is 0 Å². The highest BCUT2D eigenvalue weighted by atomic mass is 32.2. The number of rotatable bonds is 9. The van der Waals surface area contributed by atoms with Crippen LogP contribution in [-0.4, -0.2) is 69.1 Å². The summed E-state index contributed by atoms with van der Waals surface area (Å²) in [4.78, 5) is 24.5. The molecule has 162 valence electrons. The number of nitro groups is 1. The minimum atomic E-state index is -3.16. The van der Waals surface area contributed by atoms with Crippen LogP contribution < -0.4 is 10.1 Å². The number of anilines is 1. The van der Waals surface area contributed by atoms with Crippen LogP contribution in [0.1, 0.15) is 6.42 Å². The van der Waals surface area contributed by atoms with E-state index in [0.717, 1.165) is 6.07 Å². The van der Waals surface area contributed by atoms with Gasteiger partial charge in [-0.05, 0) is 12.5 Å². The minimum absolute atomic E-state index is 0.0447. The maximum atomic E-state index is 12.6. The molecule has 1 aromatic rings. The number of carbonyl (C=O) groups is 1. The molecule has 1 heterocycles. The fraction of sp³-hybridized carbons (Fsp3) is 0.444. The average molecular weight is 438 g/mol. The molecule has 12 heteroatoms. The molecule has 0 aromatic heterocycles. The number of non-ortho nitro benzene ring substituents is 1. The predicted octanol–water partition coefficient (Wildman–Crippen LogP) is 1.08. The summed E-state index contributed by atoms with van der Waals surface area (Å²) < 4.78 is 33.7. The Labute approximate surface area is 173 Å². The van der Waals surface area contributed by atoms with Crippen LogP contribution in [0.15, 0.2) is 30.0 Å².